The van der Waals surface area contributed by atoms with Crippen LogP contribution in [0.15, 0.2) is 36.5 Å². The molecule has 0 radical (unpaired) electrons. The molecule has 8 heteroatoms. The van der Waals surface area contributed by atoms with Crippen LogP contribution in [0.5, 0.6) is 0 Å². The highest BCUT2D eigenvalue weighted by Crippen LogP contribution is 2.28. The summed E-state index contributed by atoms with van der Waals surface area (Å²) in [5.41, 5.74) is 3.91. The second-order valence-electron chi connectivity index (χ2n) is 6.66. The summed E-state index contributed by atoms with van der Waals surface area (Å²) in [5, 5.41) is 18.6. The number of rotatable bonds is 2. The maximum Gasteiger partial charge on any atom is 0.253 e. The highest BCUT2D eigenvalue weighted by molar-refractivity contribution is 5.97. The Morgan fingerprint density at radius 2 is 2.08 bits per heavy atom. The number of amides is 1. The Kier molecular flexibility index (Phi) is 3.41. The lowest BCUT2D eigenvalue weighted by Crippen LogP contribution is -2.39. The molecule has 1 amide bonds. The van der Waals surface area contributed by atoms with Gasteiger partial charge in [0.1, 0.15) is 11.0 Å². The summed E-state index contributed by atoms with van der Waals surface area (Å²) >= 11 is 0. The molecule has 5 rings (SSSR count). The standard InChI is InChI=1S/C18H17N7O/c26-18(11-3-6-15-16(8-11)22-24-21-15)25-7-1-2-13(10-25)14-5-4-12-9-19-23-17(12)20-14/h3-6,8-9,13H,1-2,7,10H2,(H,19,20,23)(H,21,22,24). The quantitative estimate of drug-likeness (QED) is 0.579. The number of benzene rings is 1. The molecule has 0 bridgehead atoms. The Morgan fingerprint density at radius 3 is 3.04 bits per heavy atom. The van der Waals surface area contributed by atoms with Crippen molar-refractivity contribution in [3.05, 3.63) is 47.8 Å². The van der Waals surface area contributed by atoms with Crippen molar-refractivity contribution in [2.45, 2.75) is 18.8 Å². The smallest absolute Gasteiger partial charge is 0.253 e. The summed E-state index contributed by atoms with van der Waals surface area (Å²) in [7, 11) is 0. The van der Waals surface area contributed by atoms with E-state index in [9.17, 15) is 4.79 Å². The van der Waals surface area contributed by atoms with Gasteiger partial charge in [-0.1, -0.05) is 0 Å². The van der Waals surface area contributed by atoms with Gasteiger partial charge in [-0.2, -0.15) is 20.5 Å². The first-order valence-corrected chi connectivity index (χ1v) is 8.68. The molecule has 130 valence electrons. The lowest BCUT2D eigenvalue weighted by molar-refractivity contribution is 0.0706. The van der Waals surface area contributed by atoms with Crippen molar-refractivity contribution >= 4 is 28.0 Å². The van der Waals surface area contributed by atoms with E-state index in [4.69, 9.17) is 0 Å². The van der Waals surface area contributed by atoms with E-state index < -0.39 is 0 Å². The molecule has 1 fully saturated rings. The third kappa shape index (κ3) is 2.50. The van der Waals surface area contributed by atoms with Gasteiger partial charge in [-0.15, -0.1) is 0 Å². The SMILES string of the molecule is O=C(c1ccc2n[nH]nc2c1)N1CCCC(c2ccc3cn[nH]c3n2)C1. The van der Waals surface area contributed by atoms with Crippen molar-refractivity contribution in [1.29, 1.82) is 0 Å². The largest absolute Gasteiger partial charge is 0.338 e. The van der Waals surface area contributed by atoms with Crippen LogP contribution in [0.1, 0.15) is 34.8 Å². The molecule has 4 aromatic rings. The number of aromatic nitrogens is 6. The first-order valence-electron chi connectivity index (χ1n) is 8.68. The van der Waals surface area contributed by atoms with Crippen LogP contribution in [0.4, 0.5) is 0 Å². The van der Waals surface area contributed by atoms with E-state index in [1.165, 1.54) is 0 Å². The number of likely N-dealkylation sites (tertiary alicyclic amines) is 1. The summed E-state index contributed by atoms with van der Waals surface area (Å²) in [4.78, 5) is 19.5. The van der Waals surface area contributed by atoms with E-state index in [0.29, 0.717) is 17.6 Å². The fraction of sp³-hybridized carbons (Fsp3) is 0.278. The Bertz CT molecular complexity index is 1100. The van der Waals surface area contributed by atoms with Crippen LogP contribution in [0.25, 0.3) is 22.1 Å². The molecule has 1 atom stereocenters. The molecule has 0 spiro atoms. The molecule has 4 heterocycles. The van der Waals surface area contributed by atoms with Gasteiger partial charge in [0.25, 0.3) is 5.91 Å². The number of aromatic amines is 2. The van der Waals surface area contributed by atoms with Crippen LogP contribution < -0.4 is 0 Å². The van der Waals surface area contributed by atoms with Crippen molar-refractivity contribution < 1.29 is 4.79 Å². The lowest BCUT2D eigenvalue weighted by atomic mass is 9.93. The fourth-order valence-electron chi connectivity index (χ4n) is 3.63. The fourth-order valence-corrected chi connectivity index (χ4v) is 3.63. The van der Waals surface area contributed by atoms with Gasteiger partial charge in [-0.05, 0) is 43.2 Å². The number of hydrogen-bond acceptors (Lipinski definition) is 5. The van der Waals surface area contributed by atoms with Gasteiger partial charge in [0.05, 0.1) is 6.20 Å². The summed E-state index contributed by atoms with van der Waals surface area (Å²) in [6, 6.07) is 9.49. The van der Waals surface area contributed by atoms with Gasteiger partial charge in [0.2, 0.25) is 0 Å². The number of pyridine rings is 1. The van der Waals surface area contributed by atoms with Crippen LogP contribution in [0.3, 0.4) is 0 Å². The molecule has 1 aromatic carbocycles. The van der Waals surface area contributed by atoms with Crippen molar-refractivity contribution in [1.82, 2.24) is 35.5 Å². The minimum Gasteiger partial charge on any atom is -0.338 e. The summed E-state index contributed by atoms with van der Waals surface area (Å²) in [6.45, 7) is 1.43. The second-order valence-corrected chi connectivity index (χ2v) is 6.66. The van der Waals surface area contributed by atoms with E-state index in [1.54, 1.807) is 12.3 Å². The third-order valence-electron chi connectivity index (χ3n) is 5.01. The highest BCUT2D eigenvalue weighted by Gasteiger charge is 2.26. The molecule has 8 nitrogen and oxygen atoms in total. The average molecular weight is 347 g/mol. The molecule has 26 heavy (non-hydrogen) atoms. The van der Waals surface area contributed by atoms with Gasteiger partial charge in [-0.25, -0.2) is 4.98 Å². The highest BCUT2D eigenvalue weighted by atomic mass is 16.2. The number of carbonyl (C=O) groups is 1. The van der Waals surface area contributed by atoms with Gasteiger partial charge in [0, 0.05) is 35.7 Å². The summed E-state index contributed by atoms with van der Waals surface area (Å²) < 4.78 is 0. The summed E-state index contributed by atoms with van der Waals surface area (Å²) in [6.07, 6.45) is 3.76. The second kappa shape index (κ2) is 5.91. The zero-order valence-corrected chi connectivity index (χ0v) is 14.0. The van der Waals surface area contributed by atoms with Crippen LogP contribution in [-0.4, -0.2) is 54.5 Å². The Balaban J connectivity index is 1.39. The molecule has 1 aliphatic rings. The van der Waals surface area contributed by atoms with E-state index in [2.05, 4.69) is 30.6 Å². The zero-order valence-electron chi connectivity index (χ0n) is 14.0. The van der Waals surface area contributed by atoms with Gasteiger partial charge < -0.3 is 4.90 Å². The molecule has 3 aromatic heterocycles. The predicted molar refractivity (Wildman–Crippen MR) is 95.7 cm³/mol. The van der Waals surface area contributed by atoms with Crippen LogP contribution in [-0.2, 0) is 0 Å². The van der Waals surface area contributed by atoms with E-state index in [0.717, 1.165) is 41.6 Å². The van der Waals surface area contributed by atoms with Crippen LogP contribution >= 0.6 is 0 Å². The van der Waals surface area contributed by atoms with Crippen molar-refractivity contribution in [2.24, 2.45) is 0 Å². The van der Waals surface area contributed by atoms with E-state index in [1.807, 2.05) is 29.2 Å². The van der Waals surface area contributed by atoms with E-state index >= 15 is 0 Å². The molecule has 1 unspecified atom stereocenters. The van der Waals surface area contributed by atoms with Gasteiger partial charge in [-0.3, -0.25) is 9.89 Å². The zero-order chi connectivity index (χ0) is 17.5. The minimum absolute atomic E-state index is 0.0298. The molecule has 2 N–H and O–H groups in total. The number of fused-ring (bicyclic) bond motifs is 2. The van der Waals surface area contributed by atoms with Crippen molar-refractivity contribution in [3.8, 4) is 0 Å². The van der Waals surface area contributed by atoms with Crippen molar-refractivity contribution in [2.75, 3.05) is 13.1 Å². The summed E-state index contributed by atoms with van der Waals surface area (Å²) in [5.74, 6) is 0.262. The third-order valence-corrected chi connectivity index (χ3v) is 5.01. The topological polar surface area (TPSA) is 103 Å². The van der Waals surface area contributed by atoms with Gasteiger partial charge >= 0.3 is 0 Å². The Labute approximate surface area is 148 Å². The molecule has 1 saturated heterocycles. The monoisotopic (exact) mass is 347 g/mol. The van der Waals surface area contributed by atoms with Crippen LogP contribution in [0.2, 0.25) is 0 Å². The Morgan fingerprint density at radius 1 is 1.15 bits per heavy atom. The number of piperidine rings is 1. The van der Waals surface area contributed by atoms with Crippen LogP contribution in [0, 0.1) is 0 Å². The molecule has 0 aliphatic carbocycles. The maximum absolute atomic E-state index is 12.9. The number of nitrogens with one attached hydrogen (secondary N) is 2. The Hall–Kier alpha value is -3.29. The minimum atomic E-state index is 0.0298. The lowest BCUT2D eigenvalue weighted by Gasteiger charge is -2.32. The molecule has 0 saturated carbocycles. The van der Waals surface area contributed by atoms with Crippen molar-refractivity contribution in [3.63, 3.8) is 0 Å². The molecular weight excluding hydrogens is 330 g/mol. The average Bonchev–Trinajstić information content (AvgIpc) is 3.35. The first-order chi connectivity index (χ1) is 12.8. The van der Waals surface area contributed by atoms with E-state index in [-0.39, 0.29) is 11.8 Å². The number of nitrogens with zero attached hydrogens (tertiary/aromatic N) is 5. The predicted octanol–water partition coefficient (Wildman–Crippen LogP) is 2.25. The number of carbonyl (C=O) groups excluding carboxylic acids is 1. The maximum atomic E-state index is 12.9. The molecule has 1 aliphatic heterocycles. The number of hydrogen-bond donors (Lipinski definition) is 2. The molecular formula is C18H17N7O. The number of H-pyrrole nitrogens is 2. The first kappa shape index (κ1) is 15.0. The normalized spacial score (nSPS) is 17.8. The van der Waals surface area contributed by atoms with Gasteiger partial charge in [0.15, 0.2) is 5.65 Å².